The highest BCUT2D eigenvalue weighted by molar-refractivity contribution is 5.79. The molecule has 5 nitrogen and oxygen atoms in total. The van der Waals surface area contributed by atoms with Gasteiger partial charge in [0, 0.05) is 17.8 Å². The van der Waals surface area contributed by atoms with Crippen LogP contribution < -0.4 is 5.32 Å². The van der Waals surface area contributed by atoms with Crippen molar-refractivity contribution in [3.63, 3.8) is 0 Å². The number of rotatable bonds is 5. The van der Waals surface area contributed by atoms with E-state index < -0.39 is 17.9 Å². The third-order valence-corrected chi connectivity index (χ3v) is 3.89. The van der Waals surface area contributed by atoms with E-state index in [-0.39, 0.29) is 23.6 Å². The molecule has 0 bridgehead atoms. The highest BCUT2D eigenvalue weighted by Crippen LogP contribution is 2.30. The molecular weight excluding hydrogens is 359 g/mol. The number of nitrogens with zero attached hydrogens (tertiary/aromatic N) is 2. The molecule has 0 aliphatic carbocycles. The number of carbonyl (C=O) groups excluding carboxylic acids is 1. The molecule has 0 unspecified atom stereocenters. The van der Waals surface area contributed by atoms with Crippen LogP contribution in [0, 0.1) is 0 Å². The maximum atomic E-state index is 12.8. The average molecular weight is 375 g/mol. The van der Waals surface area contributed by atoms with Crippen LogP contribution in [-0.2, 0) is 17.4 Å². The summed E-state index contributed by atoms with van der Waals surface area (Å²) in [5.74, 6) is 0.145. The van der Waals surface area contributed by atoms with E-state index in [4.69, 9.17) is 4.52 Å². The molecule has 0 aliphatic heterocycles. The molecule has 2 aromatic heterocycles. The van der Waals surface area contributed by atoms with Gasteiger partial charge < -0.3 is 9.84 Å². The molecule has 0 aliphatic rings. The first-order valence-electron chi connectivity index (χ1n) is 8.16. The monoisotopic (exact) mass is 375 g/mol. The lowest BCUT2D eigenvalue weighted by molar-refractivity contribution is -0.141. The van der Waals surface area contributed by atoms with Gasteiger partial charge >= 0.3 is 6.18 Å². The number of halogens is 3. The van der Waals surface area contributed by atoms with Crippen LogP contribution in [0.25, 0.3) is 11.3 Å². The summed E-state index contributed by atoms with van der Waals surface area (Å²) in [5.41, 5.74) is 0.336. The average Bonchev–Trinajstić information content (AvgIpc) is 3.12. The van der Waals surface area contributed by atoms with Gasteiger partial charge in [-0.2, -0.15) is 13.2 Å². The van der Waals surface area contributed by atoms with E-state index in [2.05, 4.69) is 15.5 Å². The van der Waals surface area contributed by atoms with Crippen LogP contribution in [0.5, 0.6) is 0 Å². The SMILES string of the molecule is C[C@H](NC(=O)Cc1ccccc1)c1cc(-c2ccnc(C(F)(F)F)c2)no1. The van der Waals surface area contributed by atoms with Crippen LogP contribution in [0.4, 0.5) is 13.2 Å². The Morgan fingerprint density at radius 2 is 1.93 bits per heavy atom. The summed E-state index contributed by atoms with van der Waals surface area (Å²) in [4.78, 5) is 15.4. The zero-order valence-electron chi connectivity index (χ0n) is 14.3. The second-order valence-electron chi connectivity index (χ2n) is 5.99. The zero-order valence-corrected chi connectivity index (χ0v) is 14.3. The lowest BCUT2D eigenvalue weighted by Crippen LogP contribution is -2.27. The van der Waals surface area contributed by atoms with Crippen molar-refractivity contribution in [3.8, 4) is 11.3 Å². The van der Waals surface area contributed by atoms with Crippen molar-refractivity contribution < 1.29 is 22.5 Å². The van der Waals surface area contributed by atoms with Gasteiger partial charge in [-0.25, -0.2) is 0 Å². The first kappa shape index (κ1) is 18.6. The Balaban J connectivity index is 1.69. The number of pyridine rings is 1. The van der Waals surface area contributed by atoms with E-state index in [9.17, 15) is 18.0 Å². The van der Waals surface area contributed by atoms with E-state index in [1.54, 1.807) is 6.92 Å². The van der Waals surface area contributed by atoms with Gasteiger partial charge in [-0.1, -0.05) is 35.5 Å². The van der Waals surface area contributed by atoms with Crippen molar-refractivity contribution in [2.24, 2.45) is 0 Å². The van der Waals surface area contributed by atoms with Crippen LogP contribution in [0.3, 0.4) is 0 Å². The molecule has 0 saturated heterocycles. The minimum atomic E-state index is -4.54. The number of hydrogen-bond donors (Lipinski definition) is 1. The molecule has 1 aromatic carbocycles. The second kappa shape index (κ2) is 7.61. The normalized spacial score (nSPS) is 12.6. The highest BCUT2D eigenvalue weighted by atomic mass is 19.4. The Kier molecular flexibility index (Phi) is 5.25. The summed E-state index contributed by atoms with van der Waals surface area (Å²) in [6, 6.07) is 12.6. The largest absolute Gasteiger partial charge is 0.433 e. The third kappa shape index (κ3) is 4.72. The van der Waals surface area contributed by atoms with Gasteiger partial charge in [0.05, 0.1) is 12.5 Å². The van der Waals surface area contributed by atoms with Gasteiger partial charge in [0.2, 0.25) is 5.91 Å². The maximum Gasteiger partial charge on any atom is 0.433 e. The minimum absolute atomic E-state index is 0.199. The number of amides is 1. The fourth-order valence-corrected chi connectivity index (χ4v) is 2.52. The summed E-state index contributed by atoms with van der Waals surface area (Å²) in [5, 5.41) is 6.58. The molecule has 8 heteroatoms. The van der Waals surface area contributed by atoms with Gasteiger partial charge in [-0.15, -0.1) is 0 Å². The van der Waals surface area contributed by atoms with Crippen molar-refractivity contribution in [3.05, 3.63) is 71.7 Å². The van der Waals surface area contributed by atoms with Gasteiger partial charge in [-0.3, -0.25) is 9.78 Å². The van der Waals surface area contributed by atoms with E-state index >= 15 is 0 Å². The van der Waals surface area contributed by atoms with Crippen molar-refractivity contribution in [1.82, 2.24) is 15.5 Å². The maximum absolute atomic E-state index is 12.8. The topological polar surface area (TPSA) is 68.0 Å². The number of hydrogen-bond acceptors (Lipinski definition) is 4. The van der Waals surface area contributed by atoms with Crippen molar-refractivity contribution in [2.75, 3.05) is 0 Å². The number of benzene rings is 1. The van der Waals surface area contributed by atoms with E-state index in [0.717, 1.165) is 17.8 Å². The molecule has 2 heterocycles. The molecule has 3 aromatic rings. The summed E-state index contributed by atoms with van der Waals surface area (Å²) >= 11 is 0. The molecule has 0 fully saturated rings. The summed E-state index contributed by atoms with van der Waals surface area (Å²) in [7, 11) is 0. The number of nitrogens with one attached hydrogen (secondary N) is 1. The lowest BCUT2D eigenvalue weighted by atomic mass is 10.1. The third-order valence-electron chi connectivity index (χ3n) is 3.89. The Morgan fingerprint density at radius 1 is 1.19 bits per heavy atom. The van der Waals surface area contributed by atoms with Crippen LogP contribution in [0.2, 0.25) is 0 Å². The molecule has 140 valence electrons. The number of carbonyl (C=O) groups is 1. The molecule has 27 heavy (non-hydrogen) atoms. The lowest BCUT2D eigenvalue weighted by Gasteiger charge is -2.10. The smallest absolute Gasteiger partial charge is 0.359 e. The van der Waals surface area contributed by atoms with Gasteiger partial charge in [0.1, 0.15) is 11.4 Å². The fourth-order valence-electron chi connectivity index (χ4n) is 2.52. The zero-order chi connectivity index (χ0) is 19.4. The molecule has 1 atom stereocenters. The van der Waals surface area contributed by atoms with E-state index in [1.807, 2.05) is 30.3 Å². The Morgan fingerprint density at radius 3 is 2.63 bits per heavy atom. The predicted octanol–water partition coefficient (Wildman–Crippen LogP) is 4.18. The standard InChI is InChI=1S/C19H16F3N3O2/c1-12(24-18(26)9-13-5-3-2-4-6-13)16-11-15(25-27-16)14-7-8-23-17(10-14)19(20,21)22/h2-8,10-12H,9H2,1H3,(H,24,26)/t12-/m0/s1. The van der Waals surface area contributed by atoms with Crippen LogP contribution >= 0.6 is 0 Å². The molecule has 1 amide bonds. The van der Waals surface area contributed by atoms with Crippen molar-refractivity contribution in [1.29, 1.82) is 0 Å². The fraction of sp³-hybridized carbons (Fsp3) is 0.211. The molecule has 0 spiro atoms. The van der Waals surface area contributed by atoms with E-state index in [1.165, 1.54) is 12.1 Å². The van der Waals surface area contributed by atoms with Gasteiger partial charge in [0.25, 0.3) is 0 Å². The van der Waals surface area contributed by atoms with Crippen LogP contribution in [0.1, 0.15) is 30.0 Å². The Hall–Kier alpha value is -3.16. The second-order valence-corrected chi connectivity index (χ2v) is 5.99. The highest BCUT2D eigenvalue weighted by Gasteiger charge is 2.32. The van der Waals surface area contributed by atoms with Crippen molar-refractivity contribution in [2.45, 2.75) is 25.6 Å². The first-order valence-corrected chi connectivity index (χ1v) is 8.16. The van der Waals surface area contributed by atoms with Gasteiger partial charge in [0.15, 0.2) is 5.76 Å². The Bertz CT molecular complexity index is 923. The van der Waals surface area contributed by atoms with E-state index in [0.29, 0.717) is 5.76 Å². The minimum Gasteiger partial charge on any atom is -0.359 e. The summed E-state index contributed by atoms with van der Waals surface area (Å²) < 4.78 is 43.5. The molecule has 0 saturated carbocycles. The molecule has 1 N–H and O–H groups in total. The quantitative estimate of drug-likeness (QED) is 0.727. The molecule has 0 radical (unpaired) electrons. The first-order chi connectivity index (χ1) is 12.8. The predicted molar refractivity (Wildman–Crippen MR) is 91.4 cm³/mol. The van der Waals surface area contributed by atoms with Crippen LogP contribution in [-0.4, -0.2) is 16.0 Å². The molecular formula is C19H16F3N3O2. The Labute approximate surface area is 153 Å². The van der Waals surface area contributed by atoms with Crippen molar-refractivity contribution >= 4 is 5.91 Å². The molecule has 3 rings (SSSR count). The number of alkyl halides is 3. The number of aromatic nitrogens is 2. The summed E-state index contributed by atoms with van der Waals surface area (Å²) in [6.07, 6.45) is -3.26. The van der Waals surface area contributed by atoms with Gasteiger partial charge in [-0.05, 0) is 24.6 Å². The van der Waals surface area contributed by atoms with Crippen LogP contribution in [0.15, 0.2) is 59.3 Å². The summed E-state index contributed by atoms with van der Waals surface area (Å²) in [6.45, 7) is 1.71.